The van der Waals surface area contributed by atoms with Gasteiger partial charge in [0, 0.05) is 0 Å². The van der Waals surface area contributed by atoms with Gasteiger partial charge in [0.25, 0.3) is 0 Å². The number of carbonyl (C=O) groups is 1. The van der Waals surface area contributed by atoms with Gasteiger partial charge in [-0.15, -0.1) is 0 Å². The second-order valence-electron chi connectivity index (χ2n) is 5.34. The van der Waals surface area contributed by atoms with E-state index in [0.29, 0.717) is 6.61 Å². The average Bonchev–Trinajstić information content (AvgIpc) is 2.33. The van der Waals surface area contributed by atoms with Crippen LogP contribution in [0.25, 0.3) is 0 Å². The van der Waals surface area contributed by atoms with Crippen LogP contribution in [0.2, 0.25) is 0 Å². The van der Waals surface area contributed by atoms with Crippen LogP contribution in [0.5, 0.6) is 0 Å². The number of esters is 1. The third-order valence-electron chi connectivity index (χ3n) is 2.49. The molecule has 1 rings (SSSR count). The van der Waals surface area contributed by atoms with Crippen LogP contribution < -0.4 is 0 Å². The largest absolute Gasteiger partial charge is 0.465 e. The van der Waals surface area contributed by atoms with Crippen molar-refractivity contribution in [3.8, 4) is 0 Å². The van der Waals surface area contributed by atoms with Crippen LogP contribution in [0.1, 0.15) is 32.8 Å². The van der Waals surface area contributed by atoms with Crippen molar-refractivity contribution in [2.75, 3.05) is 6.61 Å². The minimum absolute atomic E-state index is 0.140. The molecular weight excluding hydrogens is 224 g/mol. The van der Waals surface area contributed by atoms with Crippen LogP contribution in [-0.2, 0) is 16.0 Å². The number of allylic oxidation sites excluding steroid dienone is 1. The summed E-state index contributed by atoms with van der Waals surface area (Å²) in [5.74, 6) is -0.140. The molecule has 0 heterocycles. The van der Waals surface area contributed by atoms with Gasteiger partial charge in [0.05, 0.1) is 12.0 Å². The summed E-state index contributed by atoms with van der Waals surface area (Å²) in [6.45, 7) is 6.04. The zero-order chi connectivity index (χ0) is 13.4. The number of hydrogen-bond acceptors (Lipinski definition) is 2. The molecule has 0 amide bonds. The van der Waals surface area contributed by atoms with Crippen molar-refractivity contribution in [1.29, 1.82) is 0 Å². The van der Waals surface area contributed by atoms with Crippen molar-refractivity contribution >= 4 is 5.97 Å². The molecule has 2 nitrogen and oxygen atoms in total. The summed E-state index contributed by atoms with van der Waals surface area (Å²) in [5.41, 5.74) is 0.883. The standard InChI is InChI=1S/C16H22O2/c1-16(2,3)15(17)18-13-9-5-8-12-14-10-6-4-7-11-14/h4-8,10-11H,9,12-13H2,1-3H3/b8-5+. The van der Waals surface area contributed by atoms with E-state index < -0.39 is 5.41 Å². The molecule has 0 unspecified atom stereocenters. The average molecular weight is 246 g/mol. The number of benzene rings is 1. The molecule has 1 aromatic rings. The van der Waals surface area contributed by atoms with Crippen LogP contribution in [0, 0.1) is 5.41 Å². The second kappa shape index (κ2) is 7.00. The van der Waals surface area contributed by atoms with E-state index >= 15 is 0 Å². The molecule has 18 heavy (non-hydrogen) atoms. The molecule has 98 valence electrons. The Bertz CT molecular complexity index is 385. The van der Waals surface area contributed by atoms with Gasteiger partial charge in [0.15, 0.2) is 0 Å². The highest BCUT2D eigenvalue weighted by atomic mass is 16.5. The van der Waals surface area contributed by atoms with Gasteiger partial charge in [-0.3, -0.25) is 4.79 Å². The summed E-state index contributed by atoms with van der Waals surface area (Å²) in [7, 11) is 0. The maximum absolute atomic E-state index is 11.5. The van der Waals surface area contributed by atoms with E-state index in [2.05, 4.69) is 24.3 Å². The van der Waals surface area contributed by atoms with Crippen molar-refractivity contribution in [3.05, 3.63) is 48.0 Å². The topological polar surface area (TPSA) is 26.3 Å². The Kier molecular flexibility index (Phi) is 5.63. The highest BCUT2D eigenvalue weighted by Crippen LogP contribution is 2.15. The van der Waals surface area contributed by atoms with Crippen LogP contribution in [0.15, 0.2) is 42.5 Å². The van der Waals surface area contributed by atoms with Crippen molar-refractivity contribution < 1.29 is 9.53 Å². The molecule has 0 aliphatic carbocycles. The van der Waals surface area contributed by atoms with E-state index in [0.717, 1.165) is 12.8 Å². The minimum atomic E-state index is -0.409. The molecule has 0 saturated heterocycles. The van der Waals surface area contributed by atoms with Gasteiger partial charge < -0.3 is 4.74 Å². The first-order chi connectivity index (χ1) is 8.50. The van der Waals surface area contributed by atoms with E-state index in [4.69, 9.17) is 4.74 Å². The van der Waals surface area contributed by atoms with Crippen molar-refractivity contribution in [2.24, 2.45) is 5.41 Å². The van der Waals surface area contributed by atoms with E-state index in [1.54, 1.807) is 0 Å². The van der Waals surface area contributed by atoms with E-state index in [9.17, 15) is 4.79 Å². The number of rotatable bonds is 5. The molecule has 2 heteroatoms. The molecule has 0 aliphatic heterocycles. The molecule has 0 fully saturated rings. The predicted octanol–water partition coefficient (Wildman–Crippen LogP) is 3.76. The van der Waals surface area contributed by atoms with E-state index in [1.165, 1.54) is 5.56 Å². The van der Waals surface area contributed by atoms with Gasteiger partial charge in [-0.1, -0.05) is 42.5 Å². The quantitative estimate of drug-likeness (QED) is 0.449. The Labute approximate surface area is 110 Å². The Balaban J connectivity index is 2.17. The first-order valence-electron chi connectivity index (χ1n) is 6.36. The van der Waals surface area contributed by atoms with Gasteiger partial charge >= 0.3 is 5.97 Å². The number of hydrogen-bond donors (Lipinski definition) is 0. The highest BCUT2D eigenvalue weighted by Gasteiger charge is 2.22. The molecule has 0 spiro atoms. The Hall–Kier alpha value is -1.57. The lowest BCUT2D eigenvalue weighted by molar-refractivity contribution is -0.152. The van der Waals surface area contributed by atoms with Gasteiger partial charge in [-0.25, -0.2) is 0 Å². The van der Waals surface area contributed by atoms with Crippen molar-refractivity contribution in [3.63, 3.8) is 0 Å². The fraction of sp³-hybridized carbons (Fsp3) is 0.438. The Morgan fingerprint density at radius 2 is 1.83 bits per heavy atom. The molecule has 0 atom stereocenters. The van der Waals surface area contributed by atoms with Crippen LogP contribution >= 0.6 is 0 Å². The monoisotopic (exact) mass is 246 g/mol. The minimum Gasteiger partial charge on any atom is -0.465 e. The number of ether oxygens (including phenoxy) is 1. The van der Waals surface area contributed by atoms with Crippen molar-refractivity contribution in [1.82, 2.24) is 0 Å². The lowest BCUT2D eigenvalue weighted by Gasteiger charge is -2.15. The molecule has 0 aromatic heterocycles. The van der Waals surface area contributed by atoms with Gasteiger partial charge in [0.1, 0.15) is 0 Å². The van der Waals surface area contributed by atoms with Gasteiger partial charge in [0.2, 0.25) is 0 Å². The van der Waals surface area contributed by atoms with Gasteiger partial charge in [-0.05, 0) is 39.2 Å². The van der Waals surface area contributed by atoms with Crippen LogP contribution in [-0.4, -0.2) is 12.6 Å². The summed E-state index contributed by atoms with van der Waals surface area (Å²) < 4.78 is 5.17. The highest BCUT2D eigenvalue weighted by molar-refractivity contribution is 5.75. The lowest BCUT2D eigenvalue weighted by atomic mass is 9.97. The summed E-state index contributed by atoms with van der Waals surface area (Å²) in [4.78, 5) is 11.5. The lowest BCUT2D eigenvalue weighted by Crippen LogP contribution is -2.23. The molecule has 0 bridgehead atoms. The predicted molar refractivity (Wildman–Crippen MR) is 74.3 cm³/mol. The number of carbonyl (C=O) groups excluding carboxylic acids is 1. The van der Waals surface area contributed by atoms with E-state index in [1.807, 2.05) is 39.0 Å². The zero-order valence-corrected chi connectivity index (χ0v) is 11.5. The maximum atomic E-state index is 11.5. The molecule has 0 radical (unpaired) electrons. The summed E-state index contributed by atoms with van der Waals surface area (Å²) in [6, 6.07) is 10.3. The van der Waals surface area contributed by atoms with Gasteiger partial charge in [-0.2, -0.15) is 0 Å². The Morgan fingerprint density at radius 3 is 2.44 bits per heavy atom. The van der Waals surface area contributed by atoms with E-state index in [-0.39, 0.29) is 5.97 Å². The SMILES string of the molecule is CC(C)(C)C(=O)OCC/C=C/Cc1ccccc1. The summed E-state index contributed by atoms with van der Waals surface area (Å²) in [5, 5.41) is 0. The maximum Gasteiger partial charge on any atom is 0.311 e. The smallest absolute Gasteiger partial charge is 0.311 e. The molecule has 0 saturated carbocycles. The third-order valence-corrected chi connectivity index (χ3v) is 2.49. The molecule has 1 aromatic carbocycles. The third kappa shape index (κ3) is 5.67. The Morgan fingerprint density at radius 1 is 1.17 bits per heavy atom. The first kappa shape index (κ1) is 14.5. The molecule has 0 aliphatic rings. The fourth-order valence-corrected chi connectivity index (χ4v) is 1.39. The first-order valence-corrected chi connectivity index (χ1v) is 6.36. The van der Waals surface area contributed by atoms with Crippen molar-refractivity contribution in [2.45, 2.75) is 33.6 Å². The summed E-state index contributed by atoms with van der Waals surface area (Å²) >= 11 is 0. The normalized spacial score (nSPS) is 11.7. The molecule has 0 N–H and O–H groups in total. The fourth-order valence-electron chi connectivity index (χ4n) is 1.39. The molecular formula is C16H22O2. The summed E-state index contributed by atoms with van der Waals surface area (Å²) in [6.07, 6.45) is 5.87. The second-order valence-corrected chi connectivity index (χ2v) is 5.34. The van der Waals surface area contributed by atoms with Crippen LogP contribution in [0.3, 0.4) is 0 Å². The van der Waals surface area contributed by atoms with Crippen LogP contribution in [0.4, 0.5) is 0 Å². The zero-order valence-electron chi connectivity index (χ0n) is 11.5.